The van der Waals surface area contributed by atoms with Gasteiger partial charge in [-0.2, -0.15) is 13.2 Å². The molecule has 0 aliphatic heterocycles. The van der Waals surface area contributed by atoms with Gasteiger partial charge in [0, 0.05) is 18.1 Å². The third-order valence-electron chi connectivity index (χ3n) is 4.00. The van der Waals surface area contributed by atoms with Gasteiger partial charge in [0.25, 0.3) is 0 Å². The predicted octanol–water partition coefficient (Wildman–Crippen LogP) is 4.61. The molecule has 3 rings (SSSR count). The maximum absolute atomic E-state index is 12.8. The van der Waals surface area contributed by atoms with Gasteiger partial charge in [-0.25, -0.2) is 4.98 Å². The van der Waals surface area contributed by atoms with Gasteiger partial charge in [0.2, 0.25) is 11.7 Å². The average Bonchev–Trinajstić information content (AvgIpc) is 3.20. The number of imidazole rings is 1. The lowest BCUT2D eigenvalue weighted by atomic mass is 10.0. The molecule has 3 aromatic rings. The molecule has 1 aromatic carbocycles. The molecule has 138 valence electrons. The molecule has 2 heterocycles. The van der Waals surface area contributed by atoms with E-state index < -0.39 is 18.0 Å². The molecular formula is C18H19F3N4O. The van der Waals surface area contributed by atoms with Crippen molar-refractivity contribution in [1.29, 1.82) is 0 Å². The van der Waals surface area contributed by atoms with E-state index in [9.17, 15) is 18.0 Å². The Morgan fingerprint density at radius 2 is 1.96 bits per heavy atom. The molecule has 0 radical (unpaired) electrons. The first-order chi connectivity index (χ1) is 12.2. The Bertz CT molecular complexity index is 897. The van der Waals surface area contributed by atoms with Crippen molar-refractivity contribution in [2.45, 2.75) is 32.5 Å². The van der Waals surface area contributed by atoms with E-state index in [2.05, 4.69) is 15.3 Å². The smallest absolute Gasteiger partial charge is 0.342 e. The van der Waals surface area contributed by atoms with Crippen LogP contribution in [0.1, 0.15) is 32.1 Å². The third-order valence-corrected chi connectivity index (χ3v) is 4.00. The van der Waals surface area contributed by atoms with Crippen molar-refractivity contribution < 1.29 is 18.0 Å². The monoisotopic (exact) mass is 364 g/mol. The Labute approximate surface area is 148 Å². The standard InChI is InChI=1S/C18H19F3N4O/c1-11(2)9-15(25-7-3-4-8-25)16(26)22-12-5-6-13-14(10-12)24-17(23-13)18(19,20)21/h3-8,10-11,15H,9H2,1-2H3,(H,22,26)(H,23,24)/t15-/m1/s1. The maximum atomic E-state index is 12.8. The molecule has 0 unspecified atom stereocenters. The van der Waals surface area contributed by atoms with Gasteiger partial charge in [-0.1, -0.05) is 13.8 Å². The number of H-pyrrole nitrogens is 1. The zero-order valence-corrected chi connectivity index (χ0v) is 14.3. The Balaban J connectivity index is 1.83. The normalized spacial score (nSPS) is 13.3. The number of carbonyl (C=O) groups is 1. The van der Waals surface area contributed by atoms with E-state index in [4.69, 9.17) is 0 Å². The van der Waals surface area contributed by atoms with Crippen molar-refractivity contribution in [2.24, 2.45) is 5.92 Å². The number of nitrogens with zero attached hydrogens (tertiary/aromatic N) is 2. The number of aromatic nitrogens is 3. The lowest BCUT2D eigenvalue weighted by Gasteiger charge is -2.20. The molecule has 2 N–H and O–H groups in total. The minimum absolute atomic E-state index is 0.194. The second kappa shape index (κ2) is 6.86. The summed E-state index contributed by atoms with van der Waals surface area (Å²) in [5.74, 6) is -0.969. The van der Waals surface area contributed by atoms with E-state index in [0.717, 1.165) is 0 Å². The summed E-state index contributed by atoms with van der Waals surface area (Å²) in [7, 11) is 0. The van der Waals surface area contributed by atoms with Crippen molar-refractivity contribution in [3.63, 3.8) is 0 Å². The van der Waals surface area contributed by atoms with Gasteiger partial charge >= 0.3 is 6.18 Å². The number of amides is 1. The summed E-state index contributed by atoms with van der Waals surface area (Å²) < 4.78 is 40.1. The van der Waals surface area contributed by atoms with Crippen LogP contribution in [0.25, 0.3) is 11.0 Å². The van der Waals surface area contributed by atoms with Crippen LogP contribution in [0.4, 0.5) is 18.9 Å². The topological polar surface area (TPSA) is 62.7 Å². The minimum atomic E-state index is -4.54. The lowest BCUT2D eigenvalue weighted by Crippen LogP contribution is -2.26. The average molecular weight is 364 g/mol. The Kier molecular flexibility index (Phi) is 4.76. The fourth-order valence-electron chi connectivity index (χ4n) is 2.81. The van der Waals surface area contributed by atoms with Gasteiger partial charge in [0.05, 0.1) is 11.0 Å². The lowest BCUT2D eigenvalue weighted by molar-refractivity contribution is -0.144. The van der Waals surface area contributed by atoms with Crippen LogP contribution in [0.3, 0.4) is 0 Å². The number of hydrogen-bond donors (Lipinski definition) is 2. The zero-order chi connectivity index (χ0) is 18.9. The van der Waals surface area contributed by atoms with Crippen LogP contribution in [0.5, 0.6) is 0 Å². The van der Waals surface area contributed by atoms with E-state index in [1.54, 1.807) is 6.07 Å². The molecule has 0 saturated carbocycles. The van der Waals surface area contributed by atoms with Gasteiger partial charge in [-0.3, -0.25) is 4.79 Å². The van der Waals surface area contributed by atoms with E-state index in [1.165, 1.54) is 12.1 Å². The van der Waals surface area contributed by atoms with Crippen molar-refractivity contribution in [3.8, 4) is 0 Å². The number of nitrogens with one attached hydrogen (secondary N) is 2. The maximum Gasteiger partial charge on any atom is 0.449 e. The molecule has 8 heteroatoms. The molecular weight excluding hydrogens is 345 g/mol. The van der Waals surface area contributed by atoms with E-state index in [-0.39, 0.29) is 16.9 Å². The number of alkyl halides is 3. The van der Waals surface area contributed by atoms with Gasteiger partial charge in [0.1, 0.15) is 6.04 Å². The summed E-state index contributed by atoms with van der Waals surface area (Å²) >= 11 is 0. The van der Waals surface area contributed by atoms with Crippen molar-refractivity contribution in [3.05, 3.63) is 48.5 Å². The fourth-order valence-corrected chi connectivity index (χ4v) is 2.81. The van der Waals surface area contributed by atoms with E-state index >= 15 is 0 Å². The van der Waals surface area contributed by atoms with Crippen molar-refractivity contribution >= 4 is 22.6 Å². The van der Waals surface area contributed by atoms with E-state index in [0.29, 0.717) is 18.0 Å². The quantitative estimate of drug-likeness (QED) is 0.694. The highest BCUT2D eigenvalue weighted by Gasteiger charge is 2.34. The minimum Gasteiger partial charge on any atom is -0.342 e. The van der Waals surface area contributed by atoms with E-state index in [1.807, 2.05) is 42.9 Å². The molecule has 1 amide bonds. The molecule has 0 spiro atoms. The number of hydrogen-bond acceptors (Lipinski definition) is 2. The van der Waals surface area contributed by atoms with Crippen LogP contribution in [0, 0.1) is 5.92 Å². The van der Waals surface area contributed by atoms with Crippen LogP contribution in [-0.4, -0.2) is 20.4 Å². The second-order valence-corrected chi connectivity index (χ2v) is 6.58. The summed E-state index contributed by atoms with van der Waals surface area (Å²) in [6.45, 7) is 4.05. The van der Waals surface area contributed by atoms with Gasteiger partial charge in [-0.05, 0) is 42.7 Å². The first-order valence-corrected chi connectivity index (χ1v) is 8.24. The summed E-state index contributed by atoms with van der Waals surface area (Å²) in [6.07, 6.45) is -0.259. The Morgan fingerprint density at radius 3 is 2.58 bits per heavy atom. The molecule has 0 saturated heterocycles. The molecule has 0 aliphatic carbocycles. The van der Waals surface area contributed by atoms with Gasteiger partial charge in [-0.15, -0.1) is 0 Å². The van der Waals surface area contributed by atoms with Gasteiger partial charge in [0.15, 0.2) is 0 Å². The Hall–Kier alpha value is -2.77. The molecule has 1 atom stereocenters. The molecule has 26 heavy (non-hydrogen) atoms. The van der Waals surface area contributed by atoms with Crippen molar-refractivity contribution in [2.75, 3.05) is 5.32 Å². The largest absolute Gasteiger partial charge is 0.449 e. The number of benzene rings is 1. The number of fused-ring (bicyclic) bond motifs is 1. The highest BCUT2D eigenvalue weighted by Crippen LogP contribution is 2.29. The molecule has 5 nitrogen and oxygen atoms in total. The summed E-state index contributed by atoms with van der Waals surface area (Å²) in [4.78, 5) is 18.5. The Morgan fingerprint density at radius 1 is 1.27 bits per heavy atom. The predicted molar refractivity (Wildman–Crippen MR) is 92.6 cm³/mol. The molecule has 0 bridgehead atoms. The number of aromatic amines is 1. The fraction of sp³-hybridized carbons (Fsp3) is 0.333. The van der Waals surface area contributed by atoms with Crippen LogP contribution < -0.4 is 5.32 Å². The SMILES string of the molecule is CC(C)C[C@H](C(=O)Nc1ccc2nc(C(F)(F)F)[nH]c2c1)n1cccc1. The summed E-state index contributed by atoms with van der Waals surface area (Å²) in [6, 6.07) is 7.74. The number of anilines is 1. The molecule has 2 aromatic heterocycles. The summed E-state index contributed by atoms with van der Waals surface area (Å²) in [5.41, 5.74) is 0.830. The third kappa shape index (κ3) is 3.89. The number of carbonyl (C=O) groups excluding carboxylic acids is 1. The first-order valence-electron chi connectivity index (χ1n) is 8.24. The highest BCUT2D eigenvalue weighted by atomic mass is 19.4. The van der Waals surface area contributed by atoms with Crippen molar-refractivity contribution in [1.82, 2.24) is 14.5 Å². The summed E-state index contributed by atoms with van der Waals surface area (Å²) in [5, 5.41) is 2.79. The van der Waals surface area contributed by atoms with Crippen LogP contribution in [-0.2, 0) is 11.0 Å². The first kappa shape index (κ1) is 18.0. The number of halogens is 3. The highest BCUT2D eigenvalue weighted by molar-refractivity contribution is 5.95. The van der Waals surface area contributed by atoms with Crippen LogP contribution in [0.15, 0.2) is 42.7 Å². The second-order valence-electron chi connectivity index (χ2n) is 6.58. The van der Waals surface area contributed by atoms with Gasteiger partial charge < -0.3 is 14.9 Å². The molecule has 0 fully saturated rings. The van der Waals surface area contributed by atoms with Crippen LogP contribution >= 0.6 is 0 Å². The van der Waals surface area contributed by atoms with Crippen LogP contribution in [0.2, 0.25) is 0 Å². The number of rotatable bonds is 5. The zero-order valence-electron chi connectivity index (χ0n) is 14.3. The molecule has 0 aliphatic rings.